The van der Waals surface area contributed by atoms with Crippen molar-refractivity contribution in [1.29, 1.82) is 0 Å². The van der Waals surface area contributed by atoms with Gasteiger partial charge < -0.3 is 5.32 Å². The van der Waals surface area contributed by atoms with Gasteiger partial charge in [0.1, 0.15) is 5.82 Å². The topological polar surface area (TPSA) is 66.5 Å². The quantitative estimate of drug-likeness (QED) is 0.776. The fourth-order valence-electron chi connectivity index (χ4n) is 3.05. The molecule has 1 fully saturated rings. The highest BCUT2D eigenvalue weighted by Gasteiger charge is 2.34. The summed E-state index contributed by atoms with van der Waals surface area (Å²) in [5.41, 5.74) is -1.75. The van der Waals surface area contributed by atoms with Crippen LogP contribution in [0.25, 0.3) is 0 Å². The number of nitrogens with one attached hydrogen (secondary N) is 1. The number of nitrogens with zero attached hydrogens (tertiary/aromatic N) is 1. The molecule has 1 N–H and O–H groups in total. The number of benzene rings is 1. The fraction of sp³-hybridized carbons (Fsp3) is 0.562. The van der Waals surface area contributed by atoms with Crippen LogP contribution in [0.15, 0.2) is 18.2 Å². The van der Waals surface area contributed by atoms with Crippen LogP contribution < -0.4 is 5.32 Å². The molecule has 1 aliphatic carbocycles. The first-order valence-corrected chi connectivity index (χ1v) is 9.97. The summed E-state index contributed by atoms with van der Waals surface area (Å²) >= 11 is 0. The minimum absolute atomic E-state index is 0.249. The van der Waals surface area contributed by atoms with E-state index in [1.807, 2.05) is 0 Å². The van der Waals surface area contributed by atoms with E-state index in [2.05, 4.69) is 5.32 Å². The first-order chi connectivity index (χ1) is 12.0. The molecule has 0 radical (unpaired) electrons. The zero-order valence-corrected chi connectivity index (χ0v) is 15.0. The molecule has 0 aliphatic heterocycles. The van der Waals surface area contributed by atoms with Crippen molar-refractivity contribution in [3.63, 3.8) is 0 Å². The van der Waals surface area contributed by atoms with Crippen LogP contribution in [0.2, 0.25) is 0 Å². The lowest BCUT2D eigenvalue weighted by atomic mass is 9.95. The molecule has 1 amide bonds. The fourth-order valence-corrected chi connectivity index (χ4v) is 4.15. The van der Waals surface area contributed by atoms with Crippen molar-refractivity contribution >= 4 is 21.6 Å². The van der Waals surface area contributed by atoms with Crippen LogP contribution in [0.3, 0.4) is 0 Å². The predicted molar refractivity (Wildman–Crippen MR) is 88.5 cm³/mol. The van der Waals surface area contributed by atoms with Crippen LogP contribution in [0.1, 0.15) is 37.7 Å². The van der Waals surface area contributed by atoms with Gasteiger partial charge >= 0.3 is 6.18 Å². The summed E-state index contributed by atoms with van der Waals surface area (Å²) in [4.78, 5) is 12.2. The van der Waals surface area contributed by atoms with Crippen LogP contribution in [-0.2, 0) is 21.0 Å². The highest BCUT2D eigenvalue weighted by atomic mass is 32.2. The molecule has 2 rings (SSSR count). The van der Waals surface area contributed by atoms with Gasteiger partial charge in [0.05, 0.1) is 18.4 Å². The minimum Gasteiger partial charge on any atom is -0.325 e. The van der Waals surface area contributed by atoms with Crippen molar-refractivity contribution in [2.45, 2.75) is 44.3 Å². The number of hydrogen-bond donors (Lipinski definition) is 1. The average molecular weight is 396 g/mol. The molecular formula is C16H20F4N2O3S. The second-order valence-corrected chi connectivity index (χ2v) is 8.28. The summed E-state index contributed by atoms with van der Waals surface area (Å²) in [7, 11) is -3.66. The van der Waals surface area contributed by atoms with Crippen molar-refractivity contribution < 1.29 is 30.8 Å². The monoisotopic (exact) mass is 396 g/mol. The van der Waals surface area contributed by atoms with Gasteiger partial charge in [0, 0.05) is 11.7 Å². The SMILES string of the molecule is CS(=O)(=O)N(CC(=O)Nc1ccc(F)c(C(F)(F)F)c1)C1CCCCC1. The van der Waals surface area contributed by atoms with E-state index in [0.717, 1.165) is 35.9 Å². The van der Waals surface area contributed by atoms with Crippen molar-refractivity contribution in [3.05, 3.63) is 29.6 Å². The molecule has 0 atom stereocenters. The van der Waals surface area contributed by atoms with E-state index in [4.69, 9.17) is 0 Å². The highest BCUT2D eigenvalue weighted by Crippen LogP contribution is 2.33. The summed E-state index contributed by atoms with van der Waals surface area (Å²) in [5, 5.41) is 2.21. The van der Waals surface area contributed by atoms with Crippen LogP contribution in [0, 0.1) is 5.82 Å². The molecule has 0 heterocycles. The van der Waals surface area contributed by atoms with Gasteiger partial charge in [-0.15, -0.1) is 0 Å². The number of carbonyl (C=O) groups is 1. The van der Waals surface area contributed by atoms with E-state index in [1.54, 1.807) is 0 Å². The lowest BCUT2D eigenvalue weighted by molar-refractivity contribution is -0.140. The third-order valence-corrected chi connectivity index (χ3v) is 5.54. The third kappa shape index (κ3) is 5.41. The van der Waals surface area contributed by atoms with Crippen molar-refractivity contribution in [2.24, 2.45) is 0 Å². The molecule has 1 aromatic rings. The standard InChI is InChI=1S/C16H20F4N2O3S/c1-26(24,25)22(12-5-3-2-4-6-12)10-15(23)21-11-7-8-14(17)13(9-11)16(18,19)20/h7-9,12H,2-6,10H2,1H3,(H,21,23). The maximum absolute atomic E-state index is 13.3. The van der Waals surface area contributed by atoms with Crippen LogP contribution in [0.5, 0.6) is 0 Å². The van der Waals surface area contributed by atoms with Gasteiger partial charge in [0.2, 0.25) is 15.9 Å². The smallest absolute Gasteiger partial charge is 0.325 e. The molecule has 26 heavy (non-hydrogen) atoms. The Morgan fingerprint density at radius 2 is 1.85 bits per heavy atom. The van der Waals surface area contributed by atoms with E-state index in [-0.39, 0.29) is 11.7 Å². The molecule has 0 saturated heterocycles. The molecule has 0 aromatic heterocycles. The van der Waals surface area contributed by atoms with E-state index >= 15 is 0 Å². The Bertz CT molecular complexity index is 759. The molecule has 1 aromatic carbocycles. The number of halogens is 4. The van der Waals surface area contributed by atoms with Crippen LogP contribution in [-0.4, -0.2) is 37.5 Å². The number of sulfonamides is 1. The van der Waals surface area contributed by atoms with Gasteiger partial charge in [-0.3, -0.25) is 4.79 Å². The Morgan fingerprint density at radius 3 is 2.38 bits per heavy atom. The normalized spacial score (nSPS) is 16.7. The van der Waals surface area contributed by atoms with E-state index in [0.29, 0.717) is 25.0 Å². The molecule has 1 saturated carbocycles. The molecule has 10 heteroatoms. The minimum atomic E-state index is -4.90. The van der Waals surface area contributed by atoms with Gasteiger partial charge in [0.15, 0.2) is 0 Å². The maximum atomic E-state index is 13.3. The van der Waals surface area contributed by atoms with Gasteiger partial charge in [-0.25, -0.2) is 12.8 Å². The molecule has 0 spiro atoms. The summed E-state index contributed by atoms with van der Waals surface area (Å²) in [6.45, 7) is -0.498. The van der Waals surface area contributed by atoms with Crippen LogP contribution >= 0.6 is 0 Å². The zero-order chi connectivity index (χ0) is 19.5. The largest absolute Gasteiger partial charge is 0.419 e. The number of rotatable bonds is 5. The third-order valence-electron chi connectivity index (χ3n) is 4.26. The first kappa shape index (κ1) is 20.6. The van der Waals surface area contributed by atoms with E-state index in [1.165, 1.54) is 0 Å². The summed E-state index contributed by atoms with van der Waals surface area (Å²) in [5.74, 6) is -2.23. The van der Waals surface area contributed by atoms with Crippen molar-refractivity contribution in [1.82, 2.24) is 4.31 Å². The van der Waals surface area contributed by atoms with Crippen molar-refractivity contribution in [3.8, 4) is 0 Å². The lowest BCUT2D eigenvalue weighted by Crippen LogP contribution is -2.45. The Kier molecular flexibility index (Phi) is 6.28. The second-order valence-electron chi connectivity index (χ2n) is 6.34. The summed E-state index contributed by atoms with van der Waals surface area (Å²) in [6, 6.07) is 1.78. The molecule has 1 aliphatic rings. The van der Waals surface area contributed by atoms with Crippen LogP contribution in [0.4, 0.5) is 23.2 Å². The average Bonchev–Trinajstić information content (AvgIpc) is 2.53. The summed E-state index contributed by atoms with van der Waals surface area (Å²) < 4.78 is 76.6. The van der Waals surface area contributed by atoms with Gasteiger partial charge in [-0.1, -0.05) is 19.3 Å². The maximum Gasteiger partial charge on any atom is 0.419 e. The Labute approximate surface area is 149 Å². The number of anilines is 1. The number of carbonyl (C=O) groups excluding carboxylic acids is 1. The lowest BCUT2D eigenvalue weighted by Gasteiger charge is -2.31. The van der Waals surface area contributed by atoms with Crippen molar-refractivity contribution in [2.75, 3.05) is 18.1 Å². The first-order valence-electron chi connectivity index (χ1n) is 8.12. The van der Waals surface area contributed by atoms with E-state index < -0.39 is 40.0 Å². The molecule has 0 bridgehead atoms. The van der Waals surface area contributed by atoms with Gasteiger partial charge in [-0.05, 0) is 31.0 Å². The Morgan fingerprint density at radius 1 is 1.23 bits per heavy atom. The number of alkyl halides is 3. The molecule has 146 valence electrons. The molecular weight excluding hydrogens is 376 g/mol. The molecule has 5 nitrogen and oxygen atoms in total. The van der Waals surface area contributed by atoms with E-state index in [9.17, 15) is 30.8 Å². The van der Waals surface area contributed by atoms with Gasteiger partial charge in [-0.2, -0.15) is 17.5 Å². The Hall–Kier alpha value is -1.68. The molecule has 0 unspecified atom stereocenters. The second kappa shape index (κ2) is 7.91. The Balaban J connectivity index is 2.13. The van der Waals surface area contributed by atoms with Gasteiger partial charge in [0.25, 0.3) is 0 Å². The number of amides is 1. The summed E-state index contributed by atoms with van der Waals surface area (Å²) in [6.07, 6.45) is 0.0665. The highest BCUT2D eigenvalue weighted by molar-refractivity contribution is 7.88. The number of hydrogen-bond acceptors (Lipinski definition) is 3. The predicted octanol–water partition coefficient (Wildman–Crippen LogP) is 3.38. The zero-order valence-electron chi connectivity index (χ0n) is 14.1.